The molecule has 0 aliphatic heterocycles. The van der Waals surface area contributed by atoms with Crippen LogP contribution in [0.1, 0.15) is 25.3 Å². The van der Waals surface area contributed by atoms with Crippen LogP contribution in [0.25, 0.3) is 16.7 Å². The van der Waals surface area contributed by atoms with Crippen molar-refractivity contribution in [2.75, 3.05) is 0 Å². The second kappa shape index (κ2) is 5.62. The van der Waals surface area contributed by atoms with Crippen molar-refractivity contribution in [3.05, 3.63) is 67.7 Å². The minimum absolute atomic E-state index is 0.0262. The Morgan fingerprint density at radius 3 is 2.65 bits per heavy atom. The fraction of sp³-hybridized carbons (Fsp3) is 0.188. The van der Waals surface area contributed by atoms with Gasteiger partial charge in [-0.25, -0.2) is 18.7 Å². The lowest BCUT2D eigenvalue weighted by Gasteiger charge is -2.15. The number of hydrogen-bond donors (Lipinski definition) is 1. The van der Waals surface area contributed by atoms with Gasteiger partial charge in [0.2, 0.25) is 0 Å². The number of fused-ring (bicyclic) bond motifs is 1. The van der Waals surface area contributed by atoms with E-state index in [1.165, 1.54) is 4.57 Å². The monoisotopic (exact) mass is 333 g/mol. The molecule has 0 fully saturated rings. The van der Waals surface area contributed by atoms with E-state index in [0.717, 1.165) is 11.6 Å². The van der Waals surface area contributed by atoms with Crippen molar-refractivity contribution in [2.24, 2.45) is 0 Å². The molecule has 1 aromatic carbocycles. The van der Waals surface area contributed by atoms with Gasteiger partial charge in [-0.2, -0.15) is 0 Å². The Kier molecular flexibility index (Phi) is 3.77. The summed E-state index contributed by atoms with van der Waals surface area (Å²) in [7, 11) is 0. The molecule has 0 unspecified atom stereocenters. The summed E-state index contributed by atoms with van der Waals surface area (Å²) in [6.07, 6.45) is 0. The molecule has 2 aromatic heterocycles. The van der Waals surface area contributed by atoms with E-state index in [-0.39, 0.29) is 17.0 Å². The zero-order chi connectivity index (χ0) is 16.7. The number of hydrogen-bond acceptors (Lipinski definition) is 3. The highest BCUT2D eigenvalue weighted by atomic mass is 35.5. The van der Waals surface area contributed by atoms with Crippen molar-refractivity contribution in [1.29, 1.82) is 0 Å². The average Bonchev–Trinajstić information content (AvgIpc) is 2.50. The number of halogens is 2. The third-order valence-electron chi connectivity index (χ3n) is 3.59. The van der Waals surface area contributed by atoms with Crippen molar-refractivity contribution in [1.82, 2.24) is 14.5 Å². The summed E-state index contributed by atoms with van der Waals surface area (Å²) in [6.45, 7) is 3.97. The highest BCUT2D eigenvalue weighted by molar-refractivity contribution is 6.29. The highest BCUT2D eigenvalue weighted by Crippen LogP contribution is 2.24. The van der Waals surface area contributed by atoms with Crippen LogP contribution in [0.3, 0.4) is 0 Å². The van der Waals surface area contributed by atoms with Gasteiger partial charge in [0.15, 0.2) is 16.6 Å². The van der Waals surface area contributed by atoms with Gasteiger partial charge in [-0.3, -0.25) is 9.78 Å². The molecular formula is C16H13ClFN3O2. The smallest absolute Gasteiger partial charge is 0.273 e. The molecule has 0 aliphatic rings. The zero-order valence-corrected chi connectivity index (χ0v) is 13.2. The van der Waals surface area contributed by atoms with Crippen LogP contribution in [-0.4, -0.2) is 14.5 Å². The van der Waals surface area contributed by atoms with Crippen molar-refractivity contribution < 1.29 is 4.39 Å². The van der Waals surface area contributed by atoms with E-state index in [4.69, 9.17) is 11.6 Å². The molecule has 23 heavy (non-hydrogen) atoms. The molecule has 2 heterocycles. The van der Waals surface area contributed by atoms with Crippen molar-refractivity contribution in [3.63, 3.8) is 0 Å². The lowest BCUT2D eigenvalue weighted by molar-refractivity contribution is 0.623. The third kappa shape index (κ3) is 2.55. The molecular weight excluding hydrogens is 321 g/mol. The SMILES string of the molecule is CC(C)c1ccccc1-n1c(=O)[nH]c(=O)c2cc(F)c(Cl)nc21. The second-order valence-electron chi connectivity index (χ2n) is 5.44. The zero-order valence-electron chi connectivity index (χ0n) is 12.4. The quantitative estimate of drug-likeness (QED) is 0.733. The van der Waals surface area contributed by atoms with Gasteiger partial charge < -0.3 is 0 Å². The van der Waals surface area contributed by atoms with Gasteiger partial charge in [-0.1, -0.05) is 43.6 Å². The summed E-state index contributed by atoms with van der Waals surface area (Å²) in [4.78, 5) is 30.4. The molecule has 3 rings (SSSR count). The van der Waals surface area contributed by atoms with Crippen molar-refractivity contribution in [3.8, 4) is 5.69 Å². The van der Waals surface area contributed by atoms with Crippen LogP contribution in [0.2, 0.25) is 5.15 Å². The molecule has 1 N–H and O–H groups in total. The maximum atomic E-state index is 13.6. The molecule has 0 bridgehead atoms. The van der Waals surface area contributed by atoms with Gasteiger partial charge in [-0.15, -0.1) is 0 Å². The predicted octanol–water partition coefficient (Wildman–Crippen LogP) is 2.99. The van der Waals surface area contributed by atoms with Crippen LogP contribution in [0.15, 0.2) is 39.9 Å². The largest absolute Gasteiger partial charge is 0.334 e. The molecule has 0 aliphatic carbocycles. The Bertz CT molecular complexity index is 1020. The Hall–Kier alpha value is -2.47. The minimum Gasteiger partial charge on any atom is -0.273 e. The van der Waals surface area contributed by atoms with Crippen molar-refractivity contribution >= 4 is 22.6 Å². The number of H-pyrrole nitrogens is 1. The maximum Gasteiger partial charge on any atom is 0.334 e. The van der Waals surface area contributed by atoms with E-state index >= 15 is 0 Å². The number of para-hydroxylation sites is 1. The molecule has 0 spiro atoms. The van der Waals surface area contributed by atoms with Gasteiger partial charge in [0, 0.05) is 0 Å². The predicted molar refractivity (Wildman–Crippen MR) is 87.0 cm³/mol. The number of nitrogens with zero attached hydrogens (tertiary/aromatic N) is 2. The summed E-state index contributed by atoms with van der Waals surface area (Å²) < 4.78 is 14.9. The molecule has 0 amide bonds. The highest BCUT2D eigenvalue weighted by Gasteiger charge is 2.17. The molecule has 0 saturated carbocycles. The summed E-state index contributed by atoms with van der Waals surface area (Å²) in [5.74, 6) is -0.678. The number of aromatic nitrogens is 3. The number of aromatic amines is 1. The first-order chi connectivity index (χ1) is 10.9. The van der Waals surface area contributed by atoms with E-state index in [0.29, 0.717) is 5.69 Å². The van der Waals surface area contributed by atoms with Crippen LogP contribution in [0.5, 0.6) is 0 Å². The van der Waals surface area contributed by atoms with Crippen LogP contribution in [-0.2, 0) is 0 Å². The molecule has 7 heteroatoms. The molecule has 0 radical (unpaired) electrons. The topological polar surface area (TPSA) is 67.8 Å². The first-order valence-corrected chi connectivity index (χ1v) is 7.38. The van der Waals surface area contributed by atoms with E-state index in [2.05, 4.69) is 9.97 Å². The number of rotatable bonds is 2. The lowest BCUT2D eigenvalue weighted by atomic mass is 10.0. The standard InChI is InChI=1S/C16H13ClFN3O2/c1-8(2)9-5-3-4-6-12(9)21-14-10(15(22)20-16(21)23)7-11(18)13(17)19-14/h3-8H,1-2H3,(H,20,22,23). The van der Waals surface area contributed by atoms with E-state index in [1.807, 2.05) is 26.0 Å². The van der Waals surface area contributed by atoms with Crippen molar-refractivity contribution in [2.45, 2.75) is 19.8 Å². The van der Waals surface area contributed by atoms with E-state index < -0.39 is 22.2 Å². The van der Waals surface area contributed by atoms with E-state index in [1.54, 1.807) is 12.1 Å². The number of pyridine rings is 1. The summed E-state index contributed by atoms with van der Waals surface area (Å²) in [6, 6.07) is 8.24. The Morgan fingerprint density at radius 2 is 1.96 bits per heavy atom. The number of nitrogens with one attached hydrogen (secondary N) is 1. The normalized spacial score (nSPS) is 11.3. The van der Waals surface area contributed by atoms with Gasteiger partial charge >= 0.3 is 5.69 Å². The van der Waals surface area contributed by atoms with Crippen LogP contribution < -0.4 is 11.2 Å². The van der Waals surface area contributed by atoms with Gasteiger partial charge in [0.25, 0.3) is 5.56 Å². The maximum absolute atomic E-state index is 13.6. The molecule has 0 saturated heterocycles. The molecule has 118 valence electrons. The van der Waals surface area contributed by atoms with Crippen LogP contribution in [0.4, 0.5) is 4.39 Å². The Morgan fingerprint density at radius 1 is 1.26 bits per heavy atom. The van der Waals surface area contributed by atoms with Gasteiger partial charge in [-0.05, 0) is 23.6 Å². The minimum atomic E-state index is -0.813. The fourth-order valence-electron chi connectivity index (χ4n) is 2.51. The average molecular weight is 334 g/mol. The van der Waals surface area contributed by atoms with Gasteiger partial charge in [0.05, 0.1) is 11.1 Å². The Labute approximate surface area is 135 Å². The fourth-order valence-corrected chi connectivity index (χ4v) is 2.65. The molecule has 0 atom stereocenters. The molecule has 3 aromatic rings. The lowest BCUT2D eigenvalue weighted by Crippen LogP contribution is -2.30. The first kappa shape index (κ1) is 15.4. The summed E-state index contributed by atoms with van der Waals surface area (Å²) >= 11 is 5.74. The first-order valence-electron chi connectivity index (χ1n) is 7.00. The molecule has 5 nitrogen and oxygen atoms in total. The second-order valence-corrected chi connectivity index (χ2v) is 5.80. The van der Waals surface area contributed by atoms with E-state index in [9.17, 15) is 14.0 Å². The summed E-state index contributed by atoms with van der Waals surface area (Å²) in [5, 5.41) is -0.427. The number of benzene rings is 1. The van der Waals surface area contributed by atoms with Crippen LogP contribution >= 0.6 is 11.6 Å². The van der Waals surface area contributed by atoms with Crippen LogP contribution in [0, 0.1) is 5.82 Å². The Balaban J connectivity index is 2.51. The summed E-state index contributed by atoms with van der Waals surface area (Å²) in [5.41, 5.74) is 0.143. The van der Waals surface area contributed by atoms with Gasteiger partial charge in [0.1, 0.15) is 0 Å². The third-order valence-corrected chi connectivity index (χ3v) is 3.86.